The summed E-state index contributed by atoms with van der Waals surface area (Å²) in [6.45, 7) is 6.10. The first-order valence-electron chi connectivity index (χ1n) is 5.74. The Hall–Kier alpha value is -0.120. The summed E-state index contributed by atoms with van der Waals surface area (Å²) in [6, 6.07) is 1.21. The first-order chi connectivity index (χ1) is 6.70. The van der Waals surface area contributed by atoms with Gasteiger partial charge in [0, 0.05) is 18.7 Å². The van der Waals surface area contributed by atoms with Crippen LogP contribution in [0.3, 0.4) is 0 Å². The molecule has 1 saturated heterocycles. The molecular formula is C11H24N2O. The van der Waals surface area contributed by atoms with Gasteiger partial charge in [-0.15, -0.1) is 0 Å². The molecule has 3 unspecified atom stereocenters. The van der Waals surface area contributed by atoms with E-state index in [0.717, 1.165) is 19.6 Å². The van der Waals surface area contributed by atoms with Crippen molar-refractivity contribution in [2.45, 2.75) is 51.3 Å². The molecule has 0 aliphatic carbocycles. The molecule has 0 bridgehead atoms. The molecule has 0 radical (unpaired) electrons. The minimum absolute atomic E-state index is 0.381. The third kappa shape index (κ3) is 2.69. The monoisotopic (exact) mass is 200 g/mol. The van der Waals surface area contributed by atoms with Gasteiger partial charge in [-0.25, -0.2) is 0 Å². The van der Waals surface area contributed by atoms with Crippen LogP contribution in [0.25, 0.3) is 0 Å². The molecule has 84 valence electrons. The van der Waals surface area contributed by atoms with Crippen LogP contribution in [0.5, 0.6) is 0 Å². The summed E-state index contributed by atoms with van der Waals surface area (Å²) in [5.41, 5.74) is 5.62. The SMILES string of the molecule is CCC(CCN)N(C)C1CCOC1C. The quantitative estimate of drug-likeness (QED) is 0.725. The van der Waals surface area contributed by atoms with E-state index in [1.165, 1.54) is 12.8 Å². The summed E-state index contributed by atoms with van der Waals surface area (Å²) in [5, 5.41) is 0. The lowest BCUT2D eigenvalue weighted by Gasteiger charge is -2.33. The second kappa shape index (κ2) is 5.69. The Morgan fingerprint density at radius 1 is 1.57 bits per heavy atom. The van der Waals surface area contributed by atoms with Crippen molar-refractivity contribution in [2.24, 2.45) is 5.73 Å². The van der Waals surface area contributed by atoms with E-state index in [4.69, 9.17) is 10.5 Å². The molecule has 0 aromatic carbocycles. The molecule has 0 aromatic heterocycles. The summed E-state index contributed by atoms with van der Waals surface area (Å²) in [4.78, 5) is 2.46. The van der Waals surface area contributed by atoms with Gasteiger partial charge in [0.1, 0.15) is 0 Å². The maximum atomic E-state index is 5.62. The van der Waals surface area contributed by atoms with Crippen molar-refractivity contribution in [3.05, 3.63) is 0 Å². The summed E-state index contributed by atoms with van der Waals surface area (Å²) < 4.78 is 5.59. The average molecular weight is 200 g/mol. The number of rotatable bonds is 5. The smallest absolute Gasteiger partial charge is 0.0703 e. The molecule has 0 amide bonds. The van der Waals surface area contributed by atoms with Crippen molar-refractivity contribution in [3.8, 4) is 0 Å². The van der Waals surface area contributed by atoms with Crippen LogP contribution in [0.4, 0.5) is 0 Å². The number of nitrogens with zero attached hydrogens (tertiary/aromatic N) is 1. The van der Waals surface area contributed by atoms with Crippen LogP contribution in [-0.4, -0.2) is 43.3 Å². The van der Waals surface area contributed by atoms with Crippen LogP contribution in [0, 0.1) is 0 Å². The van der Waals surface area contributed by atoms with Crippen LogP contribution in [-0.2, 0) is 4.74 Å². The first kappa shape index (κ1) is 12.0. The number of hydrogen-bond acceptors (Lipinski definition) is 3. The maximum Gasteiger partial charge on any atom is 0.0703 e. The van der Waals surface area contributed by atoms with Crippen molar-refractivity contribution >= 4 is 0 Å². The Bertz CT molecular complexity index is 163. The Morgan fingerprint density at radius 2 is 2.29 bits per heavy atom. The van der Waals surface area contributed by atoms with Crippen molar-refractivity contribution in [1.29, 1.82) is 0 Å². The molecule has 3 heteroatoms. The van der Waals surface area contributed by atoms with Crippen molar-refractivity contribution in [3.63, 3.8) is 0 Å². The second-order valence-corrected chi connectivity index (χ2v) is 4.24. The highest BCUT2D eigenvalue weighted by Crippen LogP contribution is 2.21. The summed E-state index contributed by atoms with van der Waals surface area (Å²) in [6.07, 6.45) is 3.82. The molecule has 1 aliphatic heterocycles. The van der Waals surface area contributed by atoms with Crippen LogP contribution in [0.1, 0.15) is 33.1 Å². The predicted octanol–water partition coefficient (Wildman–Crippen LogP) is 1.22. The van der Waals surface area contributed by atoms with Crippen LogP contribution in [0.2, 0.25) is 0 Å². The van der Waals surface area contributed by atoms with Gasteiger partial charge in [-0.2, -0.15) is 0 Å². The lowest BCUT2D eigenvalue weighted by molar-refractivity contribution is 0.0650. The zero-order valence-electron chi connectivity index (χ0n) is 9.70. The van der Waals surface area contributed by atoms with E-state index < -0.39 is 0 Å². The maximum absolute atomic E-state index is 5.62. The van der Waals surface area contributed by atoms with Gasteiger partial charge < -0.3 is 10.5 Å². The highest BCUT2D eigenvalue weighted by Gasteiger charge is 2.30. The minimum atomic E-state index is 0.381. The topological polar surface area (TPSA) is 38.5 Å². The van der Waals surface area contributed by atoms with E-state index in [9.17, 15) is 0 Å². The minimum Gasteiger partial charge on any atom is -0.377 e. The van der Waals surface area contributed by atoms with E-state index in [0.29, 0.717) is 18.2 Å². The molecule has 0 aromatic rings. The molecule has 0 saturated carbocycles. The summed E-state index contributed by atoms with van der Waals surface area (Å²) in [7, 11) is 2.21. The fourth-order valence-electron chi connectivity index (χ4n) is 2.41. The van der Waals surface area contributed by atoms with E-state index in [1.807, 2.05) is 0 Å². The molecule has 2 N–H and O–H groups in total. The van der Waals surface area contributed by atoms with Crippen LogP contribution in [0.15, 0.2) is 0 Å². The van der Waals surface area contributed by atoms with Gasteiger partial charge in [0.05, 0.1) is 6.10 Å². The second-order valence-electron chi connectivity index (χ2n) is 4.24. The van der Waals surface area contributed by atoms with Gasteiger partial charge in [0.2, 0.25) is 0 Å². The normalized spacial score (nSPS) is 29.8. The number of hydrogen-bond donors (Lipinski definition) is 1. The Labute approximate surface area is 87.6 Å². The molecule has 1 aliphatic rings. The molecule has 1 fully saturated rings. The van der Waals surface area contributed by atoms with Gasteiger partial charge in [-0.1, -0.05) is 6.92 Å². The Morgan fingerprint density at radius 3 is 2.71 bits per heavy atom. The molecule has 0 spiro atoms. The van der Waals surface area contributed by atoms with E-state index in [2.05, 4.69) is 25.8 Å². The fourth-order valence-corrected chi connectivity index (χ4v) is 2.41. The lowest BCUT2D eigenvalue weighted by Crippen LogP contribution is -2.44. The molecule has 3 nitrogen and oxygen atoms in total. The third-order valence-corrected chi connectivity index (χ3v) is 3.41. The highest BCUT2D eigenvalue weighted by atomic mass is 16.5. The van der Waals surface area contributed by atoms with E-state index in [-0.39, 0.29) is 0 Å². The lowest BCUT2D eigenvalue weighted by atomic mass is 10.0. The standard InChI is InChI=1S/C11H24N2O/c1-4-10(5-7-12)13(3)11-6-8-14-9(11)2/h9-11H,4-8,12H2,1-3H3. The number of nitrogens with two attached hydrogens (primary N) is 1. The highest BCUT2D eigenvalue weighted by molar-refractivity contribution is 4.84. The first-order valence-corrected chi connectivity index (χ1v) is 5.74. The molecule has 1 rings (SSSR count). The van der Waals surface area contributed by atoms with Gasteiger partial charge >= 0.3 is 0 Å². The zero-order valence-corrected chi connectivity index (χ0v) is 9.70. The Kier molecular flexibility index (Phi) is 4.85. The number of ether oxygens (including phenoxy) is 1. The zero-order chi connectivity index (χ0) is 10.6. The van der Waals surface area contributed by atoms with Gasteiger partial charge in [0.15, 0.2) is 0 Å². The van der Waals surface area contributed by atoms with Crippen LogP contribution < -0.4 is 5.73 Å². The van der Waals surface area contributed by atoms with Gasteiger partial charge in [-0.05, 0) is 39.8 Å². The largest absolute Gasteiger partial charge is 0.377 e. The summed E-state index contributed by atoms with van der Waals surface area (Å²) >= 11 is 0. The van der Waals surface area contributed by atoms with Crippen molar-refractivity contribution in [2.75, 3.05) is 20.2 Å². The summed E-state index contributed by atoms with van der Waals surface area (Å²) in [5.74, 6) is 0. The van der Waals surface area contributed by atoms with Gasteiger partial charge in [0.25, 0.3) is 0 Å². The van der Waals surface area contributed by atoms with Gasteiger partial charge in [-0.3, -0.25) is 4.90 Å². The van der Waals surface area contributed by atoms with Crippen molar-refractivity contribution in [1.82, 2.24) is 4.90 Å². The number of likely N-dealkylation sites (N-methyl/N-ethyl adjacent to an activating group) is 1. The van der Waals surface area contributed by atoms with Crippen LogP contribution >= 0.6 is 0 Å². The molecular weight excluding hydrogens is 176 g/mol. The van der Waals surface area contributed by atoms with E-state index in [1.54, 1.807) is 0 Å². The third-order valence-electron chi connectivity index (χ3n) is 3.41. The molecule has 3 atom stereocenters. The molecule has 14 heavy (non-hydrogen) atoms. The van der Waals surface area contributed by atoms with E-state index >= 15 is 0 Å². The van der Waals surface area contributed by atoms with Crippen molar-refractivity contribution < 1.29 is 4.74 Å². The average Bonchev–Trinajstić information content (AvgIpc) is 2.59. The Balaban J connectivity index is 2.48. The predicted molar refractivity (Wildman–Crippen MR) is 59.3 cm³/mol. The molecule has 1 heterocycles. The fraction of sp³-hybridized carbons (Fsp3) is 1.00.